The number of nitro benzene ring substituents is 1. The van der Waals surface area contributed by atoms with Crippen molar-refractivity contribution < 1.29 is 19.1 Å². The molecule has 0 saturated carbocycles. The molecule has 2 aromatic rings. The van der Waals surface area contributed by atoms with Crippen LogP contribution < -0.4 is 19.1 Å². The molecule has 0 aromatic heterocycles. The Balaban J connectivity index is 1.87. The van der Waals surface area contributed by atoms with E-state index in [-0.39, 0.29) is 5.69 Å². The molecule has 0 atom stereocenters. The van der Waals surface area contributed by atoms with Gasteiger partial charge in [0.15, 0.2) is 11.5 Å². The van der Waals surface area contributed by atoms with Crippen molar-refractivity contribution >= 4 is 11.4 Å². The van der Waals surface area contributed by atoms with E-state index in [0.717, 1.165) is 31.0 Å². The standard InChI is InChI=1S/C21H29N3O5/c1-22(2)18-15-17(24(25)26)7-9-19(18)29-13-12-23(3)11-10-16-6-8-20(27-4)21(14-16)28-5/h6-9,14-15H,10-13H2,1-5H3. The van der Waals surface area contributed by atoms with Crippen molar-refractivity contribution in [2.45, 2.75) is 6.42 Å². The predicted molar refractivity (Wildman–Crippen MR) is 114 cm³/mol. The minimum atomic E-state index is -0.404. The summed E-state index contributed by atoms with van der Waals surface area (Å²) in [6, 6.07) is 10.6. The van der Waals surface area contributed by atoms with Gasteiger partial charge < -0.3 is 24.0 Å². The highest BCUT2D eigenvalue weighted by atomic mass is 16.6. The zero-order valence-corrected chi connectivity index (χ0v) is 17.7. The summed E-state index contributed by atoms with van der Waals surface area (Å²) in [7, 11) is 8.96. The normalized spacial score (nSPS) is 10.7. The van der Waals surface area contributed by atoms with Crippen LogP contribution in [0.2, 0.25) is 0 Å². The molecule has 2 rings (SSSR count). The number of anilines is 1. The first-order valence-corrected chi connectivity index (χ1v) is 9.33. The minimum Gasteiger partial charge on any atom is -0.493 e. The first-order chi connectivity index (χ1) is 13.8. The number of nitrogens with zero attached hydrogens (tertiary/aromatic N) is 3. The molecule has 0 radical (unpaired) electrons. The van der Waals surface area contributed by atoms with Crippen molar-refractivity contribution in [3.63, 3.8) is 0 Å². The molecule has 0 aliphatic heterocycles. The monoisotopic (exact) mass is 403 g/mol. The lowest BCUT2D eigenvalue weighted by Gasteiger charge is -2.20. The van der Waals surface area contributed by atoms with E-state index in [1.54, 1.807) is 20.3 Å². The van der Waals surface area contributed by atoms with E-state index in [1.165, 1.54) is 17.7 Å². The minimum absolute atomic E-state index is 0.0492. The Hall–Kier alpha value is -3.00. The average molecular weight is 403 g/mol. The Morgan fingerprint density at radius 2 is 1.62 bits per heavy atom. The number of benzene rings is 2. The van der Waals surface area contributed by atoms with E-state index in [0.29, 0.717) is 18.0 Å². The van der Waals surface area contributed by atoms with E-state index >= 15 is 0 Å². The molecular formula is C21H29N3O5. The quantitative estimate of drug-likeness (QED) is 0.421. The number of non-ortho nitro benzene ring substituents is 1. The molecule has 0 spiro atoms. The molecule has 158 valence electrons. The van der Waals surface area contributed by atoms with Crippen molar-refractivity contribution in [2.75, 3.05) is 60.0 Å². The Morgan fingerprint density at radius 3 is 2.24 bits per heavy atom. The van der Waals surface area contributed by atoms with Crippen molar-refractivity contribution in [3.05, 3.63) is 52.1 Å². The van der Waals surface area contributed by atoms with Crippen LogP contribution in [-0.4, -0.2) is 64.9 Å². The second-order valence-corrected chi connectivity index (χ2v) is 6.89. The van der Waals surface area contributed by atoms with Gasteiger partial charge in [-0.2, -0.15) is 0 Å². The lowest BCUT2D eigenvalue weighted by Crippen LogP contribution is -2.26. The van der Waals surface area contributed by atoms with Gasteiger partial charge in [-0.3, -0.25) is 10.1 Å². The first-order valence-electron chi connectivity index (χ1n) is 9.33. The predicted octanol–water partition coefficient (Wildman–Crippen LogP) is 3.23. The topological polar surface area (TPSA) is 77.3 Å². The number of likely N-dealkylation sites (N-methyl/N-ethyl adjacent to an activating group) is 1. The van der Waals surface area contributed by atoms with Gasteiger partial charge in [0.2, 0.25) is 0 Å². The number of rotatable bonds is 11. The maximum absolute atomic E-state index is 11.0. The number of nitro groups is 1. The third-order valence-electron chi connectivity index (χ3n) is 4.60. The maximum atomic E-state index is 11.0. The van der Waals surface area contributed by atoms with Gasteiger partial charge in [0.05, 0.1) is 24.8 Å². The zero-order chi connectivity index (χ0) is 21.4. The van der Waals surface area contributed by atoms with Gasteiger partial charge in [-0.05, 0) is 37.2 Å². The van der Waals surface area contributed by atoms with Crippen molar-refractivity contribution in [1.82, 2.24) is 4.90 Å². The molecule has 0 heterocycles. The highest BCUT2D eigenvalue weighted by molar-refractivity contribution is 5.62. The third kappa shape index (κ3) is 6.25. The SMILES string of the molecule is COc1ccc(CCN(C)CCOc2ccc([N+](=O)[O-])cc2N(C)C)cc1OC. The molecule has 0 N–H and O–H groups in total. The average Bonchev–Trinajstić information content (AvgIpc) is 2.71. The Bertz CT molecular complexity index is 826. The van der Waals surface area contributed by atoms with Crippen LogP contribution in [0.25, 0.3) is 0 Å². The lowest BCUT2D eigenvalue weighted by atomic mass is 10.1. The van der Waals surface area contributed by atoms with E-state index in [2.05, 4.69) is 4.90 Å². The smallest absolute Gasteiger partial charge is 0.271 e. The van der Waals surface area contributed by atoms with Crippen LogP contribution in [0.4, 0.5) is 11.4 Å². The number of ether oxygens (including phenoxy) is 3. The fraction of sp³-hybridized carbons (Fsp3) is 0.429. The molecule has 0 bridgehead atoms. The van der Waals surface area contributed by atoms with Gasteiger partial charge in [-0.15, -0.1) is 0 Å². The number of hydrogen-bond acceptors (Lipinski definition) is 7. The van der Waals surface area contributed by atoms with Gasteiger partial charge in [-0.25, -0.2) is 0 Å². The Morgan fingerprint density at radius 1 is 0.931 bits per heavy atom. The summed E-state index contributed by atoms with van der Waals surface area (Å²) in [5.74, 6) is 2.08. The van der Waals surface area contributed by atoms with Gasteiger partial charge in [0.1, 0.15) is 12.4 Å². The van der Waals surface area contributed by atoms with Crippen molar-refractivity contribution in [2.24, 2.45) is 0 Å². The largest absolute Gasteiger partial charge is 0.493 e. The van der Waals surface area contributed by atoms with Crippen LogP contribution in [0.5, 0.6) is 17.2 Å². The second kappa shape index (κ2) is 10.5. The fourth-order valence-corrected chi connectivity index (χ4v) is 2.87. The van der Waals surface area contributed by atoms with Crippen LogP contribution in [0.3, 0.4) is 0 Å². The van der Waals surface area contributed by atoms with Gasteiger partial charge in [0, 0.05) is 39.3 Å². The van der Waals surface area contributed by atoms with E-state index < -0.39 is 4.92 Å². The number of hydrogen-bond donors (Lipinski definition) is 0. The lowest BCUT2D eigenvalue weighted by molar-refractivity contribution is -0.384. The van der Waals surface area contributed by atoms with Crippen LogP contribution >= 0.6 is 0 Å². The molecule has 0 amide bonds. The molecular weight excluding hydrogens is 374 g/mol. The van der Waals surface area contributed by atoms with Crippen molar-refractivity contribution in [3.8, 4) is 17.2 Å². The van der Waals surface area contributed by atoms with Crippen LogP contribution in [-0.2, 0) is 6.42 Å². The molecule has 0 fully saturated rings. The van der Waals surface area contributed by atoms with Gasteiger partial charge in [-0.1, -0.05) is 6.07 Å². The van der Waals surface area contributed by atoms with E-state index in [4.69, 9.17) is 14.2 Å². The van der Waals surface area contributed by atoms with E-state index in [9.17, 15) is 10.1 Å². The van der Waals surface area contributed by atoms with Crippen LogP contribution in [0, 0.1) is 10.1 Å². The number of methoxy groups -OCH3 is 2. The molecule has 29 heavy (non-hydrogen) atoms. The summed E-state index contributed by atoms with van der Waals surface area (Å²) in [5, 5.41) is 11.0. The summed E-state index contributed by atoms with van der Waals surface area (Å²) >= 11 is 0. The summed E-state index contributed by atoms with van der Waals surface area (Å²) in [6.45, 7) is 2.08. The highest BCUT2D eigenvalue weighted by Gasteiger charge is 2.13. The Kier molecular flexibility index (Phi) is 8.09. The van der Waals surface area contributed by atoms with E-state index in [1.807, 2.05) is 44.2 Å². The van der Waals surface area contributed by atoms with Crippen molar-refractivity contribution in [1.29, 1.82) is 0 Å². The van der Waals surface area contributed by atoms with Gasteiger partial charge >= 0.3 is 0 Å². The molecule has 8 heteroatoms. The second-order valence-electron chi connectivity index (χ2n) is 6.89. The zero-order valence-electron chi connectivity index (χ0n) is 17.7. The molecule has 0 aliphatic rings. The summed E-state index contributed by atoms with van der Waals surface area (Å²) < 4.78 is 16.5. The molecule has 8 nitrogen and oxygen atoms in total. The molecule has 0 saturated heterocycles. The highest BCUT2D eigenvalue weighted by Crippen LogP contribution is 2.31. The molecule has 0 aliphatic carbocycles. The first kappa shape index (κ1) is 22.3. The molecule has 0 unspecified atom stereocenters. The van der Waals surface area contributed by atoms with Crippen LogP contribution in [0.15, 0.2) is 36.4 Å². The summed E-state index contributed by atoms with van der Waals surface area (Å²) in [4.78, 5) is 14.6. The third-order valence-corrected chi connectivity index (χ3v) is 4.60. The maximum Gasteiger partial charge on any atom is 0.271 e. The summed E-state index contributed by atoms with van der Waals surface area (Å²) in [6.07, 6.45) is 0.872. The summed E-state index contributed by atoms with van der Waals surface area (Å²) in [5.41, 5.74) is 1.90. The molecule has 2 aromatic carbocycles. The fourth-order valence-electron chi connectivity index (χ4n) is 2.87. The van der Waals surface area contributed by atoms with Gasteiger partial charge in [0.25, 0.3) is 5.69 Å². The Labute approximate surface area is 171 Å². The van der Waals surface area contributed by atoms with Crippen LogP contribution in [0.1, 0.15) is 5.56 Å².